The van der Waals surface area contributed by atoms with Crippen molar-refractivity contribution in [2.45, 2.75) is 90.9 Å². The van der Waals surface area contributed by atoms with Gasteiger partial charge in [-0.3, -0.25) is 4.79 Å². The Morgan fingerprint density at radius 2 is 1.79 bits per heavy atom. The van der Waals surface area contributed by atoms with Gasteiger partial charge in [0.15, 0.2) is 0 Å². The lowest BCUT2D eigenvalue weighted by Gasteiger charge is -2.59. The quantitative estimate of drug-likeness (QED) is 0.577. The molecule has 4 rings (SSSR count). The van der Waals surface area contributed by atoms with Crippen LogP contribution in [0.3, 0.4) is 0 Å². The zero-order valence-corrected chi connectivity index (χ0v) is 18.5. The van der Waals surface area contributed by atoms with Gasteiger partial charge < -0.3 is 10.8 Å². The number of rotatable bonds is 4. The number of nitrogens with two attached hydrogens (primary N) is 1. The summed E-state index contributed by atoms with van der Waals surface area (Å²) in [7, 11) is 1.50. The minimum Gasteiger partial charge on any atom is -0.513 e. The van der Waals surface area contributed by atoms with Crippen LogP contribution in [0.5, 0.6) is 0 Å². The van der Waals surface area contributed by atoms with Gasteiger partial charge in [0.2, 0.25) is 0 Å². The topological polar surface area (TPSA) is 63.3 Å². The van der Waals surface area contributed by atoms with Gasteiger partial charge in [0.05, 0.1) is 5.76 Å². The predicted molar refractivity (Wildman–Crippen MR) is 116 cm³/mol. The number of fused-ring (bicyclic) bond motifs is 5. The summed E-state index contributed by atoms with van der Waals surface area (Å²) in [6, 6.07) is 0. The molecule has 4 saturated carbocycles. The highest BCUT2D eigenvalue weighted by Crippen LogP contribution is 2.67. The Morgan fingerprint density at radius 3 is 2.50 bits per heavy atom. The van der Waals surface area contributed by atoms with Crippen molar-refractivity contribution in [2.24, 2.45) is 46.2 Å². The van der Waals surface area contributed by atoms with Gasteiger partial charge in [-0.15, -0.1) is 0 Å². The second-order valence-corrected chi connectivity index (χ2v) is 10.6. The molecule has 7 atom stereocenters. The van der Waals surface area contributed by atoms with Gasteiger partial charge >= 0.3 is 0 Å². The SMILES string of the molecule is C=C(O)CCCC1CCC2C3C(=O)CC4CCCCC4(C)C3CCC12C.CN. The van der Waals surface area contributed by atoms with Crippen LogP contribution >= 0.6 is 0 Å². The fraction of sp³-hybridized carbons (Fsp3) is 0.880. The van der Waals surface area contributed by atoms with E-state index in [1.54, 1.807) is 0 Å². The molecule has 160 valence electrons. The maximum absolute atomic E-state index is 13.3. The molecule has 0 aliphatic heterocycles. The molecule has 4 aliphatic rings. The van der Waals surface area contributed by atoms with E-state index in [-0.39, 0.29) is 0 Å². The van der Waals surface area contributed by atoms with E-state index in [4.69, 9.17) is 0 Å². The second kappa shape index (κ2) is 8.50. The minimum absolute atomic E-state index is 0.326. The summed E-state index contributed by atoms with van der Waals surface area (Å²) < 4.78 is 0. The van der Waals surface area contributed by atoms with Crippen molar-refractivity contribution in [3.8, 4) is 0 Å². The lowest BCUT2D eigenvalue weighted by molar-refractivity contribution is -0.155. The van der Waals surface area contributed by atoms with E-state index in [0.29, 0.717) is 46.0 Å². The molecule has 0 aromatic carbocycles. The number of ketones is 1. The van der Waals surface area contributed by atoms with Crippen LogP contribution in [0.1, 0.15) is 90.9 Å². The Kier molecular flexibility index (Phi) is 6.64. The highest BCUT2D eigenvalue weighted by Gasteiger charge is 2.61. The van der Waals surface area contributed by atoms with E-state index >= 15 is 0 Å². The number of carbonyl (C=O) groups excluding carboxylic acids is 1. The fourth-order valence-electron chi connectivity index (χ4n) is 8.10. The lowest BCUT2D eigenvalue weighted by atomic mass is 9.44. The van der Waals surface area contributed by atoms with Gasteiger partial charge in [-0.05, 0) is 92.9 Å². The van der Waals surface area contributed by atoms with Crippen molar-refractivity contribution in [3.05, 3.63) is 12.3 Å². The molecule has 4 aliphatic carbocycles. The third kappa shape index (κ3) is 3.57. The number of carbonyl (C=O) groups is 1. The molecule has 28 heavy (non-hydrogen) atoms. The molecule has 0 spiro atoms. The molecule has 3 N–H and O–H groups in total. The summed E-state index contributed by atoms with van der Waals surface area (Å²) in [6.07, 6.45) is 14.4. The molecule has 0 heterocycles. The van der Waals surface area contributed by atoms with Gasteiger partial charge in [0, 0.05) is 18.8 Å². The number of allylic oxidation sites excluding steroid dienone is 1. The zero-order valence-electron chi connectivity index (χ0n) is 18.5. The van der Waals surface area contributed by atoms with Crippen LogP contribution in [0.25, 0.3) is 0 Å². The van der Waals surface area contributed by atoms with E-state index in [9.17, 15) is 9.90 Å². The van der Waals surface area contributed by atoms with Gasteiger partial charge in [-0.25, -0.2) is 0 Å². The normalized spacial score (nSPS) is 44.6. The zero-order chi connectivity index (χ0) is 20.5. The fourth-order valence-corrected chi connectivity index (χ4v) is 8.10. The monoisotopic (exact) mass is 389 g/mol. The molecular weight excluding hydrogens is 346 g/mol. The Hall–Kier alpha value is -0.830. The van der Waals surface area contributed by atoms with Crippen LogP contribution in [0.15, 0.2) is 12.3 Å². The molecule has 0 saturated heterocycles. The van der Waals surface area contributed by atoms with Gasteiger partial charge in [-0.1, -0.05) is 33.3 Å². The Labute approximate surface area is 172 Å². The van der Waals surface area contributed by atoms with E-state index in [1.807, 2.05) is 0 Å². The van der Waals surface area contributed by atoms with Crippen molar-refractivity contribution in [1.82, 2.24) is 0 Å². The smallest absolute Gasteiger partial charge is 0.136 e. The summed E-state index contributed by atoms with van der Waals surface area (Å²) in [6.45, 7) is 8.69. The number of hydrogen-bond acceptors (Lipinski definition) is 3. The first-order chi connectivity index (χ1) is 13.4. The summed E-state index contributed by atoms with van der Waals surface area (Å²) in [4.78, 5) is 13.3. The first-order valence-electron chi connectivity index (χ1n) is 11.8. The van der Waals surface area contributed by atoms with Crippen molar-refractivity contribution < 1.29 is 9.90 Å². The van der Waals surface area contributed by atoms with Crippen LogP contribution in [-0.4, -0.2) is 17.9 Å². The number of aliphatic hydroxyl groups is 1. The maximum Gasteiger partial charge on any atom is 0.136 e. The first kappa shape index (κ1) is 21.9. The molecule has 3 heteroatoms. The standard InChI is InChI=1S/C24H38O2.CH5N/c1-16(25)7-6-9-17-10-11-19-22-20(12-14-24(17,19)3)23(2)13-5-4-8-18(23)15-21(22)26;1-2/h17-20,22,25H,1,4-15H2,2-3H3;2H2,1H3. The van der Waals surface area contributed by atoms with Crippen LogP contribution in [-0.2, 0) is 4.79 Å². The average molecular weight is 390 g/mol. The van der Waals surface area contributed by atoms with Gasteiger partial charge in [0.25, 0.3) is 0 Å². The molecule has 7 unspecified atom stereocenters. The van der Waals surface area contributed by atoms with Gasteiger partial charge in [0.1, 0.15) is 5.78 Å². The third-order valence-electron chi connectivity index (χ3n) is 9.60. The summed E-state index contributed by atoms with van der Waals surface area (Å²) in [5.41, 5.74) is 5.29. The maximum atomic E-state index is 13.3. The highest BCUT2D eigenvalue weighted by molar-refractivity contribution is 5.83. The molecule has 0 amide bonds. The molecule has 3 nitrogen and oxygen atoms in total. The lowest BCUT2D eigenvalue weighted by Crippen LogP contribution is -2.56. The number of aliphatic hydroxyl groups excluding tert-OH is 1. The van der Waals surface area contributed by atoms with Crippen LogP contribution < -0.4 is 5.73 Å². The average Bonchev–Trinajstić information content (AvgIpc) is 3.00. The van der Waals surface area contributed by atoms with E-state index < -0.39 is 0 Å². The highest BCUT2D eigenvalue weighted by atomic mass is 16.3. The van der Waals surface area contributed by atoms with Crippen molar-refractivity contribution in [2.75, 3.05) is 7.05 Å². The van der Waals surface area contributed by atoms with E-state index in [2.05, 4.69) is 26.2 Å². The van der Waals surface area contributed by atoms with Crippen LogP contribution in [0, 0.1) is 40.4 Å². The Morgan fingerprint density at radius 1 is 1.07 bits per heavy atom. The largest absolute Gasteiger partial charge is 0.513 e. The number of hydrogen-bond donors (Lipinski definition) is 2. The van der Waals surface area contributed by atoms with Crippen molar-refractivity contribution in [3.63, 3.8) is 0 Å². The molecule has 0 bridgehead atoms. The molecule has 0 aromatic rings. The molecule has 0 aromatic heterocycles. The first-order valence-corrected chi connectivity index (χ1v) is 11.8. The van der Waals surface area contributed by atoms with Crippen LogP contribution in [0.2, 0.25) is 0 Å². The molecule has 0 radical (unpaired) electrons. The van der Waals surface area contributed by atoms with Gasteiger partial charge in [-0.2, -0.15) is 0 Å². The van der Waals surface area contributed by atoms with Crippen LogP contribution in [0.4, 0.5) is 0 Å². The summed E-state index contributed by atoms with van der Waals surface area (Å²) in [5.74, 6) is 3.98. The Balaban J connectivity index is 0.00000109. The van der Waals surface area contributed by atoms with E-state index in [0.717, 1.165) is 25.2 Å². The number of Topliss-reactive ketones (excluding diaryl/α,β-unsaturated/α-hetero) is 1. The second-order valence-electron chi connectivity index (χ2n) is 10.6. The summed E-state index contributed by atoms with van der Waals surface area (Å²) in [5, 5.41) is 9.41. The van der Waals surface area contributed by atoms with E-state index in [1.165, 1.54) is 64.8 Å². The predicted octanol–water partition coefficient (Wildman–Crippen LogP) is 6.03. The third-order valence-corrected chi connectivity index (χ3v) is 9.60. The minimum atomic E-state index is 0.326. The molecule has 4 fully saturated rings. The molecular formula is C25H43NO2. The van der Waals surface area contributed by atoms with Crippen molar-refractivity contribution >= 4 is 5.78 Å². The Bertz CT molecular complexity index is 587. The summed E-state index contributed by atoms with van der Waals surface area (Å²) >= 11 is 0. The van der Waals surface area contributed by atoms with Crippen molar-refractivity contribution in [1.29, 1.82) is 0 Å².